The van der Waals surface area contributed by atoms with Crippen LogP contribution in [0.5, 0.6) is 0 Å². The Morgan fingerprint density at radius 3 is 2.55 bits per heavy atom. The van der Waals surface area contributed by atoms with Crippen LogP contribution in [-0.4, -0.2) is 59.2 Å². The van der Waals surface area contributed by atoms with Crippen molar-refractivity contribution in [1.29, 1.82) is 5.26 Å². The zero-order valence-corrected chi connectivity index (χ0v) is 24.9. The van der Waals surface area contributed by atoms with Gasteiger partial charge in [0.25, 0.3) is 0 Å². The minimum Gasteiger partial charge on any atom is -0.321 e. The number of pyridine rings is 2. The Morgan fingerprint density at radius 2 is 1.83 bits per heavy atom. The van der Waals surface area contributed by atoms with Gasteiger partial charge >= 0.3 is 7.82 Å². The number of hydrogen-bond acceptors (Lipinski definition) is 9. The Hall–Kier alpha value is -4.17. The Kier molecular flexibility index (Phi) is 10.4. The molecule has 1 amide bonds. The number of fused-ring (bicyclic) bond motifs is 1. The van der Waals surface area contributed by atoms with Crippen LogP contribution >= 0.6 is 7.82 Å². The summed E-state index contributed by atoms with van der Waals surface area (Å²) in [5, 5.41) is 13.1. The van der Waals surface area contributed by atoms with E-state index in [1.165, 1.54) is 6.08 Å². The number of amides is 1. The molecule has 0 fully saturated rings. The fraction of sp³-hybridized carbons (Fsp3) is 0.267. The number of carbonyl (C=O) groups is 1. The van der Waals surface area contributed by atoms with Gasteiger partial charge in [0.15, 0.2) is 0 Å². The Balaban J connectivity index is 1.71. The summed E-state index contributed by atoms with van der Waals surface area (Å²) in [6.07, 6.45) is 10.1. The molecule has 0 aliphatic rings. The fourth-order valence-electron chi connectivity index (χ4n) is 4.20. The number of nitriles is 1. The molecular formula is C30H33N6O5P. The van der Waals surface area contributed by atoms with E-state index in [9.17, 15) is 14.6 Å². The summed E-state index contributed by atoms with van der Waals surface area (Å²) >= 11 is 0. The van der Waals surface area contributed by atoms with E-state index in [0.717, 1.165) is 27.6 Å². The standard InChI is InChI=1S/C30H33N6O5P/c1-5-39-42(38,40-6-2)41-21-36-20-28(23-10-7-9-22(13-23)16-31)27-15-25(18-33-30(27)36)24-14-26(19-32-17-24)34-29(37)11-8-12-35(3)4/h7-11,13-15,17-20H,5-6,12,21H2,1-4H3,(H,34,37). The molecule has 3 aromatic heterocycles. The highest BCUT2D eigenvalue weighted by molar-refractivity contribution is 7.48. The Bertz CT molecular complexity index is 1670. The summed E-state index contributed by atoms with van der Waals surface area (Å²) in [6, 6.07) is 13.2. The second kappa shape index (κ2) is 14.1. The number of likely N-dealkylation sites (N-methyl/N-ethyl adjacent to an activating group) is 1. The van der Waals surface area contributed by atoms with E-state index >= 15 is 0 Å². The first-order chi connectivity index (χ1) is 20.2. The van der Waals surface area contributed by atoms with Gasteiger partial charge in [-0.2, -0.15) is 5.26 Å². The van der Waals surface area contributed by atoms with E-state index in [2.05, 4.69) is 16.4 Å². The second-order valence-corrected chi connectivity index (χ2v) is 11.1. The number of nitrogens with one attached hydrogen (secondary N) is 1. The fourth-order valence-corrected chi connectivity index (χ4v) is 5.32. The minimum atomic E-state index is -3.77. The number of hydrogen-bond donors (Lipinski definition) is 1. The predicted molar refractivity (Wildman–Crippen MR) is 161 cm³/mol. The van der Waals surface area contributed by atoms with Crippen LogP contribution in [0.2, 0.25) is 0 Å². The maximum Gasteiger partial charge on any atom is 0.476 e. The maximum atomic E-state index is 12.9. The zero-order valence-electron chi connectivity index (χ0n) is 24.0. The molecule has 1 N–H and O–H groups in total. The topological polar surface area (TPSA) is 132 Å². The van der Waals surface area contributed by atoms with E-state index in [0.29, 0.717) is 23.4 Å². The summed E-state index contributed by atoms with van der Waals surface area (Å²) in [5.74, 6) is -0.252. The van der Waals surface area contributed by atoms with E-state index in [4.69, 9.17) is 18.6 Å². The van der Waals surface area contributed by atoms with E-state index < -0.39 is 7.82 Å². The number of phosphoric acid groups is 1. The smallest absolute Gasteiger partial charge is 0.321 e. The van der Waals surface area contributed by atoms with Crippen molar-refractivity contribution in [2.75, 3.05) is 39.2 Å². The third-order valence-electron chi connectivity index (χ3n) is 6.02. The molecule has 0 radical (unpaired) electrons. The quantitative estimate of drug-likeness (QED) is 0.151. The number of carbonyl (C=O) groups excluding carboxylic acids is 1. The molecule has 3 heterocycles. The largest absolute Gasteiger partial charge is 0.476 e. The highest BCUT2D eigenvalue weighted by atomic mass is 31.2. The number of benzene rings is 1. The van der Waals surface area contributed by atoms with E-state index in [1.54, 1.807) is 55.2 Å². The van der Waals surface area contributed by atoms with Gasteiger partial charge in [-0.15, -0.1) is 0 Å². The summed E-state index contributed by atoms with van der Waals surface area (Å²) in [6.45, 7) is 4.26. The molecule has 0 saturated carbocycles. The van der Waals surface area contributed by atoms with Gasteiger partial charge in [0.2, 0.25) is 5.91 Å². The van der Waals surface area contributed by atoms with Crippen molar-refractivity contribution in [2.45, 2.75) is 20.6 Å². The molecule has 0 atom stereocenters. The van der Waals surface area contributed by atoms with Gasteiger partial charge in [-0.3, -0.25) is 23.3 Å². The number of phosphoric ester groups is 1. The first-order valence-electron chi connectivity index (χ1n) is 13.4. The third kappa shape index (κ3) is 7.76. The highest BCUT2D eigenvalue weighted by Crippen LogP contribution is 2.49. The number of aromatic nitrogens is 3. The van der Waals surface area contributed by atoms with Crippen molar-refractivity contribution >= 4 is 30.5 Å². The average Bonchev–Trinajstić information content (AvgIpc) is 3.34. The van der Waals surface area contributed by atoms with Crippen molar-refractivity contribution in [2.24, 2.45) is 0 Å². The van der Waals surface area contributed by atoms with Crippen LogP contribution in [0.25, 0.3) is 33.3 Å². The van der Waals surface area contributed by atoms with Crippen molar-refractivity contribution in [3.63, 3.8) is 0 Å². The summed E-state index contributed by atoms with van der Waals surface area (Å²) in [7, 11) is 0.0814. The van der Waals surface area contributed by atoms with Gasteiger partial charge in [-0.05, 0) is 57.8 Å². The van der Waals surface area contributed by atoms with Crippen molar-refractivity contribution in [3.05, 3.63) is 78.9 Å². The number of rotatable bonds is 13. The molecule has 12 heteroatoms. The molecule has 0 aliphatic carbocycles. The van der Waals surface area contributed by atoms with Gasteiger partial charge in [0.05, 0.1) is 36.7 Å². The maximum absolute atomic E-state index is 12.9. The van der Waals surface area contributed by atoms with Crippen molar-refractivity contribution < 1.29 is 22.9 Å². The lowest BCUT2D eigenvalue weighted by atomic mass is 10.0. The number of anilines is 1. The molecule has 1 aromatic carbocycles. The molecule has 0 saturated heterocycles. The van der Waals surface area contributed by atoms with Gasteiger partial charge in [-0.25, -0.2) is 9.55 Å². The van der Waals surface area contributed by atoms with Gasteiger partial charge in [0, 0.05) is 53.3 Å². The van der Waals surface area contributed by atoms with E-state index in [-0.39, 0.29) is 25.9 Å². The van der Waals surface area contributed by atoms with Crippen LogP contribution in [0.4, 0.5) is 5.69 Å². The lowest BCUT2D eigenvalue weighted by Gasteiger charge is -2.16. The monoisotopic (exact) mass is 588 g/mol. The van der Waals surface area contributed by atoms with Crippen LogP contribution in [0.1, 0.15) is 19.4 Å². The van der Waals surface area contributed by atoms with Gasteiger partial charge < -0.3 is 14.8 Å². The van der Waals surface area contributed by atoms with Gasteiger partial charge in [0.1, 0.15) is 12.4 Å². The molecule has 218 valence electrons. The van der Waals surface area contributed by atoms with Crippen molar-refractivity contribution in [1.82, 2.24) is 19.4 Å². The summed E-state index contributed by atoms with van der Waals surface area (Å²) in [5.41, 5.74) is 4.74. The summed E-state index contributed by atoms with van der Waals surface area (Å²) in [4.78, 5) is 23.3. The molecule has 0 unspecified atom stereocenters. The molecule has 42 heavy (non-hydrogen) atoms. The van der Waals surface area contributed by atoms with E-state index in [1.807, 2.05) is 49.5 Å². The SMILES string of the molecule is CCOP(=O)(OCC)OCn1cc(-c2cccc(C#N)c2)c2cc(-c3cncc(NC(=O)C=CCN(C)C)c3)cnc21. The van der Waals surface area contributed by atoms with Crippen molar-refractivity contribution in [3.8, 4) is 28.3 Å². The highest BCUT2D eigenvalue weighted by Gasteiger charge is 2.26. The van der Waals surface area contributed by atoms with Crippen LogP contribution < -0.4 is 5.32 Å². The van der Waals surface area contributed by atoms with Crippen LogP contribution in [0.15, 0.2) is 73.3 Å². The van der Waals surface area contributed by atoms with Crippen LogP contribution in [0.3, 0.4) is 0 Å². The zero-order chi connectivity index (χ0) is 30.1. The normalized spacial score (nSPS) is 11.8. The van der Waals surface area contributed by atoms with Gasteiger partial charge in [-0.1, -0.05) is 18.2 Å². The molecule has 0 spiro atoms. The average molecular weight is 589 g/mol. The third-order valence-corrected chi connectivity index (χ3v) is 7.61. The summed E-state index contributed by atoms with van der Waals surface area (Å²) < 4.78 is 30.8. The molecule has 0 aliphatic heterocycles. The lowest BCUT2D eigenvalue weighted by Crippen LogP contribution is -2.13. The molecular weight excluding hydrogens is 555 g/mol. The minimum absolute atomic E-state index is 0.136. The predicted octanol–water partition coefficient (Wildman–Crippen LogP) is 5.85. The molecule has 0 bridgehead atoms. The Morgan fingerprint density at radius 1 is 1.07 bits per heavy atom. The first kappa shape index (κ1) is 30.8. The molecule has 4 aromatic rings. The Labute approximate surface area is 245 Å². The van der Waals surface area contributed by atoms with Crippen LogP contribution in [0, 0.1) is 11.3 Å². The first-order valence-corrected chi connectivity index (χ1v) is 14.8. The molecule has 4 rings (SSSR count). The van der Waals surface area contributed by atoms with Crippen LogP contribution in [-0.2, 0) is 29.7 Å². The molecule has 11 nitrogen and oxygen atoms in total. The lowest BCUT2D eigenvalue weighted by molar-refractivity contribution is -0.111. The number of nitrogens with zero attached hydrogens (tertiary/aromatic N) is 5. The second-order valence-electron chi connectivity index (χ2n) is 9.46.